The molecule has 2 fully saturated rings. The smallest absolute Gasteiger partial charge is 0.0864 e. The maximum absolute atomic E-state index is 5.32. The molecule has 2 heterocycles. The summed E-state index contributed by atoms with van der Waals surface area (Å²) in [5.74, 6) is 0. The van der Waals surface area contributed by atoms with Gasteiger partial charge in [-0.1, -0.05) is 12.2 Å². The molecule has 2 aliphatic rings. The standard InChI is InChI=1S/C18H28N2O3/c1(3-7-19-9-15-22-16-10-19)5-13-21-14-6-2-4-8-20-11-17-23-18-12-20/h3-8,13-14H,1-2,9-12,15-18H2. The van der Waals surface area contributed by atoms with Crippen molar-refractivity contribution in [2.24, 2.45) is 0 Å². The monoisotopic (exact) mass is 320 g/mol. The Morgan fingerprint density at radius 1 is 0.652 bits per heavy atom. The van der Waals surface area contributed by atoms with Gasteiger partial charge in [0.2, 0.25) is 0 Å². The maximum atomic E-state index is 5.32. The normalized spacial score (nSPS) is 20.5. The SMILES string of the molecule is C(=COC=CCC=CN1CCOCC1)CC=CN1CCOCC1. The minimum atomic E-state index is 0.827. The molecule has 128 valence electrons. The number of rotatable bonds is 8. The third-order valence-electron chi connectivity index (χ3n) is 3.62. The second kappa shape index (κ2) is 11.8. The summed E-state index contributed by atoms with van der Waals surface area (Å²) in [5.41, 5.74) is 0. The molecule has 5 nitrogen and oxygen atoms in total. The summed E-state index contributed by atoms with van der Waals surface area (Å²) in [4.78, 5) is 4.55. The van der Waals surface area contributed by atoms with Gasteiger partial charge in [0.05, 0.1) is 39.0 Å². The molecule has 0 radical (unpaired) electrons. The Bertz CT molecular complexity index is 368. The first-order chi connectivity index (χ1) is 11.4. The van der Waals surface area contributed by atoms with Gasteiger partial charge >= 0.3 is 0 Å². The molecule has 0 aromatic carbocycles. The molecule has 5 heteroatoms. The van der Waals surface area contributed by atoms with E-state index in [0.717, 1.165) is 65.4 Å². The van der Waals surface area contributed by atoms with Gasteiger partial charge in [0.25, 0.3) is 0 Å². The van der Waals surface area contributed by atoms with Crippen LogP contribution in [0.4, 0.5) is 0 Å². The molecular formula is C18H28N2O3. The van der Waals surface area contributed by atoms with E-state index >= 15 is 0 Å². The van der Waals surface area contributed by atoms with Crippen molar-refractivity contribution in [3.63, 3.8) is 0 Å². The molecule has 0 aliphatic carbocycles. The van der Waals surface area contributed by atoms with Gasteiger partial charge in [-0.2, -0.15) is 0 Å². The number of hydrogen-bond acceptors (Lipinski definition) is 5. The first-order valence-electron chi connectivity index (χ1n) is 8.37. The highest BCUT2D eigenvalue weighted by molar-refractivity contribution is 4.93. The molecule has 2 saturated heterocycles. The number of ether oxygens (including phenoxy) is 3. The van der Waals surface area contributed by atoms with Crippen LogP contribution in [0.15, 0.2) is 49.2 Å². The predicted octanol–water partition coefficient (Wildman–Crippen LogP) is 2.50. The van der Waals surface area contributed by atoms with Crippen LogP contribution in [0.5, 0.6) is 0 Å². The Hall–Kier alpha value is -1.72. The lowest BCUT2D eigenvalue weighted by molar-refractivity contribution is 0.0592. The van der Waals surface area contributed by atoms with Crippen LogP contribution in [0.2, 0.25) is 0 Å². The number of nitrogens with zero attached hydrogens (tertiary/aromatic N) is 2. The fraction of sp³-hybridized carbons (Fsp3) is 0.556. The van der Waals surface area contributed by atoms with Gasteiger partial charge in [0.15, 0.2) is 0 Å². The van der Waals surface area contributed by atoms with Crippen LogP contribution in [0.25, 0.3) is 0 Å². The predicted molar refractivity (Wildman–Crippen MR) is 91.7 cm³/mol. The zero-order chi connectivity index (χ0) is 16.0. The van der Waals surface area contributed by atoms with E-state index in [4.69, 9.17) is 14.2 Å². The van der Waals surface area contributed by atoms with Gasteiger partial charge in [-0.25, -0.2) is 0 Å². The Labute approximate surface area is 139 Å². The van der Waals surface area contributed by atoms with Gasteiger partial charge in [-0.15, -0.1) is 0 Å². The second-order valence-corrected chi connectivity index (χ2v) is 5.42. The molecule has 0 atom stereocenters. The lowest BCUT2D eigenvalue weighted by atomic mass is 10.4. The molecule has 23 heavy (non-hydrogen) atoms. The molecule has 0 spiro atoms. The van der Waals surface area contributed by atoms with Gasteiger partial charge < -0.3 is 24.0 Å². The Morgan fingerprint density at radius 2 is 1.09 bits per heavy atom. The van der Waals surface area contributed by atoms with Crippen molar-refractivity contribution in [1.29, 1.82) is 0 Å². The molecular weight excluding hydrogens is 292 g/mol. The van der Waals surface area contributed by atoms with Crippen LogP contribution in [-0.4, -0.2) is 62.4 Å². The zero-order valence-corrected chi connectivity index (χ0v) is 13.8. The molecule has 0 bridgehead atoms. The van der Waals surface area contributed by atoms with Gasteiger partial charge in [0.1, 0.15) is 0 Å². The summed E-state index contributed by atoms with van der Waals surface area (Å²) in [6.07, 6.45) is 17.8. The van der Waals surface area contributed by atoms with Crippen molar-refractivity contribution in [1.82, 2.24) is 9.80 Å². The topological polar surface area (TPSA) is 34.2 Å². The largest absolute Gasteiger partial charge is 0.473 e. The molecule has 0 N–H and O–H groups in total. The first kappa shape index (κ1) is 17.6. The Kier molecular flexibility index (Phi) is 9.04. The molecule has 0 aromatic rings. The Morgan fingerprint density at radius 3 is 1.52 bits per heavy atom. The summed E-state index contributed by atoms with van der Waals surface area (Å²) >= 11 is 0. The van der Waals surface area contributed by atoms with Crippen molar-refractivity contribution in [2.75, 3.05) is 52.6 Å². The van der Waals surface area contributed by atoms with Gasteiger partial charge in [-0.3, -0.25) is 0 Å². The summed E-state index contributed by atoms with van der Waals surface area (Å²) < 4.78 is 15.9. The number of allylic oxidation sites excluding steroid dienone is 4. The third-order valence-corrected chi connectivity index (χ3v) is 3.62. The number of hydrogen-bond donors (Lipinski definition) is 0. The van der Waals surface area contributed by atoms with E-state index in [1.54, 1.807) is 12.5 Å². The van der Waals surface area contributed by atoms with Gasteiger partial charge in [-0.05, 0) is 37.4 Å². The maximum Gasteiger partial charge on any atom is 0.0864 e. The quantitative estimate of drug-likeness (QED) is 0.642. The van der Waals surface area contributed by atoms with Crippen LogP contribution in [0.3, 0.4) is 0 Å². The van der Waals surface area contributed by atoms with Crippen molar-refractivity contribution in [2.45, 2.75) is 12.8 Å². The van der Waals surface area contributed by atoms with Crippen molar-refractivity contribution >= 4 is 0 Å². The molecule has 0 amide bonds. The highest BCUT2D eigenvalue weighted by atomic mass is 16.5. The van der Waals surface area contributed by atoms with Crippen LogP contribution < -0.4 is 0 Å². The van der Waals surface area contributed by atoms with E-state index in [9.17, 15) is 0 Å². The molecule has 0 aromatic heterocycles. The summed E-state index contributed by atoms with van der Waals surface area (Å²) in [6.45, 7) is 7.24. The molecule has 2 rings (SSSR count). The van der Waals surface area contributed by atoms with E-state index in [0.29, 0.717) is 0 Å². The third kappa shape index (κ3) is 8.47. The number of morpholine rings is 2. The summed E-state index contributed by atoms with van der Waals surface area (Å²) in [7, 11) is 0. The van der Waals surface area contributed by atoms with Crippen molar-refractivity contribution < 1.29 is 14.2 Å². The fourth-order valence-corrected chi connectivity index (χ4v) is 2.30. The van der Waals surface area contributed by atoms with Crippen LogP contribution in [0.1, 0.15) is 12.8 Å². The van der Waals surface area contributed by atoms with E-state index in [1.165, 1.54) is 0 Å². The average molecular weight is 320 g/mol. The zero-order valence-electron chi connectivity index (χ0n) is 13.8. The fourth-order valence-electron chi connectivity index (χ4n) is 2.30. The van der Waals surface area contributed by atoms with E-state index in [-0.39, 0.29) is 0 Å². The second-order valence-electron chi connectivity index (χ2n) is 5.42. The van der Waals surface area contributed by atoms with Gasteiger partial charge in [0, 0.05) is 26.2 Å². The molecule has 2 aliphatic heterocycles. The van der Waals surface area contributed by atoms with Crippen molar-refractivity contribution in [3.8, 4) is 0 Å². The van der Waals surface area contributed by atoms with E-state index in [1.807, 2.05) is 12.2 Å². The molecule has 0 saturated carbocycles. The average Bonchev–Trinajstić information content (AvgIpc) is 2.61. The summed E-state index contributed by atoms with van der Waals surface area (Å²) in [6, 6.07) is 0. The Balaban J connectivity index is 1.47. The van der Waals surface area contributed by atoms with Crippen LogP contribution in [-0.2, 0) is 14.2 Å². The van der Waals surface area contributed by atoms with E-state index in [2.05, 4.69) is 34.4 Å². The highest BCUT2D eigenvalue weighted by Gasteiger charge is 2.04. The minimum Gasteiger partial charge on any atom is -0.473 e. The minimum absolute atomic E-state index is 0.827. The first-order valence-corrected chi connectivity index (χ1v) is 8.37. The molecule has 0 unspecified atom stereocenters. The lowest BCUT2D eigenvalue weighted by Gasteiger charge is -2.24. The summed E-state index contributed by atoms with van der Waals surface area (Å²) in [5, 5.41) is 0. The highest BCUT2D eigenvalue weighted by Crippen LogP contribution is 2.00. The van der Waals surface area contributed by atoms with Crippen LogP contribution in [0, 0.1) is 0 Å². The van der Waals surface area contributed by atoms with Crippen LogP contribution >= 0.6 is 0 Å². The van der Waals surface area contributed by atoms with Crippen molar-refractivity contribution in [3.05, 3.63) is 49.2 Å². The van der Waals surface area contributed by atoms with E-state index < -0.39 is 0 Å². The lowest BCUT2D eigenvalue weighted by Crippen LogP contribution is -2.31.